The summed E-state index contributed by atoms with van der Waals surface area (Å²) >= 11 is 1.75. The van der Waals surface area contributed by atoms with Crippen LogP contribution in [0.25, 0.3) is 38.0 Å². The Morgan fingerprint density at radius 2 is 2.04 bits per heavy atom. The molecule has 1 N–H and O–H groups in total. The predicted octanol–water partition coefficient (Wildman–Crippen LogP) is 3.85. The van der Waals surface area contributed by atoms with Crippen LogP contribution in [0.1, 0.15) is 10.4 Å². The highest BCUT2D eigenvalue weighted by atomic mass is 32.1. The van der Waals surface area contributed by atoms with Crippen molar-refractivity contribution in [3.8, 4) is 17.1 Å². The topological polar surface area (TPSA) is 66.6 Å². The number of thiophene rings is 1. The van der Waals surface area contributed by atoms with Crippen molar-refractivity contribution >= 4 is 38.0 Å². The van der Waals surface area contributed by atoms with Crippen LogP contribution in [0.4, 0.5) is 0 Å². The molecule has 0 aliphatic carbocycles. The molecule has 2 aromatic carbocycles. The molecule has 0 atom stereocenters. The summed E-state index contributed by atoms with van der Waals surface area (Å²) in [7, 11) is 2.15. The zero-order valence-corrected chi connectivity index (χ0v) is 16.1. The van der Waals surface area contributed by atoms with E-state index in [9.17, 15) is 5.11 Å². The van der Waals surface area contributed by atoms with Crippen LogP contribution in [0.15, 0.2) is 42.7 Å². The molecule has 138 valence electrons. The van der Waals surface area contributed by atoms with Crippen molar-refractivity contribution in [2.24, 2.45) is 0 Å². The summed E-state index contributed by atoms with van der Waals surface area (Å²) in [5, 5.41) is 18.3. The highest BCUT2D eigenvalue weighted by molar-refractivity contribution is 7.19. The molecule has 0 bridgehead atoms. The Morgan fingerprint density at radius 1 is 1.14 bits per heavy atom. The van der Waals surface area contributed by atoms with Gasteiger partial charge in [-0.15, -0.1) is 16.4 Å². The van der Waals surface area contributed by atoms with E-state index in [4.69, 9.17) is 4.98 Å². The van der Waals surface area contributed by atoms with E-state index in [-0.39, 0.29) is 5.75 Å². The first-order valence-corrected chi connectivity index (χ1v) is 10.1. The number of hydrogen-bond acceptors (Lipinski definition) is 6. The maximum atomic E-state index is 10.8. The summed E-state index contributed by atoms with van der Waals surface area (Å²) in [5.74, 6) is 0.734. The van der Waals surface area contributed by atoms with Crippen LogP contribution in [0.3, 0.4) is 0 Å². The molecule has 1 aliphatic heterocycles. The first-order valence-electron chi connectivity index (χ1n) is 9.24. The molecule has 6 nitrogen and oxygen atoms in total. The first-order chi connectivity index (χ1) is 13.7. The van der Waals surface area contributed by atoms with Gasteiger partial charge in [0.15, 0.2) is 11.5 Å². The number of phenols is 1. The molecular weight excluding hydrogens is 370 g/mol. The molecule has 0 saturated carbocycles. The second-order valence-electron chi connectivity index (χ2n) is 7.30. The molecule has 4 heterocycles. The molecule has 28 heavy (non-hydrogen) atoms. The Kier molecular flexibility index (Phi) is 3.27. The summed E-state index contributed by atoms with van der Waals surface area (Å²) < 4.78 is 1.73. The quantitative estimate of drug-likeness (QED) is 0.473. The Labute approximate surface area is 164 Å². The fraction of sp³-hybridized carbons (Fsp3) is 0.190. The van der Waals surface area contributed by atoms with Crippen molar-refractivity contribution in [1.82, 2.24) is 24.5 Å². The number of hydrogen-bond donors (Lipinski definition) is 1. The van der Waals surface area contributed by atoms with Crippen molar-refractivity contribution < 1.29 is 5.11 Å². The van der Waals surface area contributed by atoms with Crippen LogP contribution in [0.5, 0.6) is 5.75 Å². The third kappa shape index (κ3) is 2.20. The predicted molar refractivity (Wildman–Crippen MR) is 111 cm³/mol. The van der Waals surface area contributed by atoms with Crippen LogP contribution in [0, 0.1) is 0 Å². The highest BCUT2D eigenvalue weighted by Gasteiger charge is 2.23. The normalized spacial score (nSPS) is 14.9. The maximum absolute atomic E-state index is 10.8. The van der Waals surface area contributed by atoms with E-state index in [1.54, 1.807) is 22.2 Å². The third-order valence-corrected chi connectivity index (χ3v) is 6.63. The summed E-state index contributed by atoms with van der Waals surface area (Å²) in [4.78, 5) is 14.1. The van der Waals surface area contributed by atoms with E-state index >= 15 is 0 Å². The standard InChI is InChI=1S/C21H17N5OS/c1-25-9-8-14-16(10-25)28-21-17(14)20-23-19(24-26(20)11-22-21)15-7-6-12-4-2-3-5-13(12)18(15)27/h2-7,11,27H,8-10H2,1H3. The Bertz CT molecular complexity index is 1390. The molecule has 1 aliphatic rings. The largest absolute Gasteiger partial charge is 0.507 e. The number of likely N-dealkylation sites (N-methyl/N-ethyl adjacent to an activating group) is 1. The number of nitrogens with zero attached hydrogens (tertiary/aromatic N) is 5. The summed E-state index contributed by atoms with van der Waals surface area (Å²) in [6.07, 6.45) is 2.72. The SMILES string of the molecule is CN1CCc2c(sc3ncn4nc(-c5ccc6ccccc6c5O)nc4c23)C1. The van der Waals surface area contributed by atoms with Gasteiger partial charge in [-0.05, 0) is 30.5 Å². The van der Waals surface area contributed by atoms with E-state index in [1.807, 2.05) is 36.4 Å². The van der Waals surface area contributed by atoms with Gasteiger partial charge in [-0.1, -0.05) is 30.3 Å². The summed E-state index contributed by atoms with van der Waals surface area (Å²) in [6, 6.07) is 11.7. The van der Waals surface area contributed by atoms with Gasteiger partial charge >= 0.3 is 0 Å². The molecule has 3 aromatic heterocycles. The van der Waals surface area contributed by atoms with Gasteiger partial charge < -0.3 is 10.0 Å². The van der Waals surface area contributed by atoms with Crippen molar-refractivity contribution in [2.45, 2.75) is 13.0 Å². The molecule has 0 radical (unpaired) electrons. The van der Waals surface area contributed by atoms with E-state index < -0.39 is 0 Å². The van der Waals surface area contributed by atoms with Gasteiger partial charge in [0.25, 0.3) is 0 Å². The van der Waals surface area contributed by atoms with E-state index in [0.717, 1.165) is 46.1 Å². The Balaban J connectivity index is 1.60. The zero-order valence-electron chi connectivity index (χ0n) is 15.3. The Morgan fingerprint density at radius 3 is 2.96 bits per heavy atom. The van der Waals surface area contributed by atoms with Crippen LogP contribution in [-0.2, 0) is 13.0 Å². The molecule has 0 spiro atoms. The number of rotatable bonds is 1. The van der Waals surface area contributed by atoms with Crippen molar-refractivity contribution in [3.05, 3.63) is 53.2 Å². The van der Waals surface area contributed by atoms with Crippen LogP contribution in [0.2, 0.25) is 0 Å². The van der Waals surface area contributed by atoms with Gasteiger partial charge in [0.05, 0.1) is 10.9 Å². The van der Waals surface area contributed by atoms with Crippen LogP contribution in [-0.4, -0.2) is 43.2 Å². The molecule has 0 fully saturated rings. The monoisotopic (exact) mass is 387 g/mol. The van der Waals surface area contributed by atoms with Gasteiger partial charge in [0.2, 0.25) is 0 Å². The van der Waals surface area contributed by atoms with E-state index in [0.29, 0.717) is 11.4 Å². The minimum absolute atomic E-state index is 0.215. The second-order valence-corrected chi connectivity index (χ2v) is 8.39. The van der Waals surface area contributed by atoms with E-state index in [2.05, 4.69) is 22.0 Å². The summed E-state index contributed by atoms with van der Waals surface area (Å²) in [5.41, 5.74) is 2.80. The van der Waals surface area contributed by atoms with E-state index in [1.165, 1.54) is 10.4 Å². The van der Waals surface area contributed by atoms with Crippen LogP contribution >= 0.6 is 11.3 Å². The van der Waals surface area contributed by atoms with Gasteiger partial charge in [-0.3, -0.25) is 0 Å². The van der Waals surface area contributed by atoms with Crippen molar-refractivity contribution in [2.75, 3.05) is 13.6 Å². The number of aromatic hydroxyl groups is 1. The minimum Gasteiger partial charge on any atom is -0.507 e. The van der Waals surface area contributed by atoms with Gasteiger partial charge in [0, 0.05) is 23.4 Å². The first kappa shape index (κ1) is 16.0. The fourth-order valence-corrected chi connectivity index (χ4v) is 5.33. The molecule has 0 unspecified atom stereocenters. The smallest absolute Gasteiger partial charge is 0.185 e. The number of aromatic nitrogens is 4. The fourth-order valence-electron chi connectivity index (χ4n) is 4.07. The zero-order chi connectivity index (χ0) is 18.8. The summed E-state index contributed by atoms with van der Waals surface area (Å²) in [6.45, 7) is 1.99. The average molecular weight is 387 g/mol. The molecular formula is C21H17N5OS. The number of benzene rings is 2. The van der Waals surface area contributed by atoms with Crippen molar-refractivity contribution in [1.29, 1.82) is 0 Å². The lowest BCUT2D eigenvalue weighted by Crippen LogP contribution is -2.25. The lowest BCUT2D eigenvalue weighted by Gasteiger charge is -2.21. The lowest BCUT2D eigenvalue weighted by atomic mass is 10.0. The number of fused-ring (bicyclic) bond motifs is 6. The molecule has 5 aromatic rings. The molecule has 0 saturated heterocycles. The minimum atomic E-state index is 0.215. The third-order valence-electron chi connectivity index (χ3n) is 5.51. The van der Waals surface area contributed by atoms with Gasteiger partial charge in [-0.2, -0.15) is 0 Å². The second kappa shape index (κ2) is 5.73. The van der Waals surface area contributed by atoms with Gasteiger partial charge in [-0.25, -0.2) is 14.5 Å². The molecule has 0 amide bonds. The van der Waals surface area contributed by atoms with Crippen molar-refractivity contribution in [3.63, 3.8) is 0 Å². The van der Waals surface area contributed by atoms with Gasteiger partial charge in [0.1, 0.15) is 16.9 Å². The highest BCUT2D eigenvalue weighted by Crippen LogP contribution is 2.38. The maximum Gasteiger partial charge on any atom is 0.185 e. The Hall–Kier alpha value is -3.03. The lowest BCUT2D eigenvalue weighted by molar-refractivity contribution is 0.318. The molecule has 6 rings (SSSR count). The average Bonchev–Trinajstić information content (AvgIpc) is 3.28. The number of phenolic OH excluding ortho intramolecular Hbond substituents is 1. The molecule has 7 heteroatoms. The van der Waals surface area contributed by atoms with Crippen LogP contribution < -0.4 is 0 Å².